The van der Waals surface area contributed by atoms with Gasteiger partial charge >= 0.3 is 0 Å². The van der Waals surface area contributed by atoms with E-state index in [1.165, 1.54) is 38.5 Å². The molecule has 2 aliphatic carbocycles. The molecule has 19 heavy (non-hydrogen) atoms. The molecule has 3 atom stereocenters. The van der Waals surface area contributed by atoms with Crippen LogP contribution in [-0.2, 0) is 4.74 Å². The second-order valence-electron chi connectivity index (χ2n) is 6.48. The fourth-order valence-corrected chi connectivity index (χ4v) is 3.70. The lowest BCUT2D eigenvalue weighted by atomic mass is 9.85. The second kappa shape index (κ2) is 5.70. The van der Waals surface area contributed by atoms with Crippen molar-refractivity contribution in [1.82, 2.24) is 4.90 Å². The number of aliphatic imine (C=N–C) groups is 1. The first-order chi connectivity index (χ1) is 9.24. The molecule has 3 rings (SSSR count). The third-order valence-corrected chi connectivity index (χ3v) is 4.92. The maximum Gasteiger partial charge on any atom is 0.191 e. The van der Waals surface area contributed by atoms with E-state index in [-0.39, 0.29) is 6.10 Å². The van der Waals surface area contributed by atoms with Gasteiger partial charge in [-0.2, -0.15) is 0 Å². The molecule has 2 saturated carbocycles. The van der Waals surface area contributed by atoms with Crippen molar-refractivity contribution < 1.29 is 4.74 Å². The summed E-state index contributed by atoms with van der Waals surface area (Å²) in [6, 6.07) is 0.515. The van der Waals surface area contributed by atoms with Gasteiger partial charge < -0.3 is 15.4 Å². The largest absolute Gasteiger partial charge is 0.375 e. The molecule has 0 aromatic heterocycles. The first kappa shape index (κ1) is 13.2. The molecule has 0 amide bonds. The SMILES string of the molecule is CC1CN(C(N)=N[C@@H]2C[C@H]2C2CCCCC2)CCO1. The molecule has 108 valence electrons. The summed E-state index contributed by atoms with van der Waals surface area (Å²) in [5.74, 6) is 2.51. The lowest BCUT2D eigenvalue weighted by molar-refractivity contribution is 0.00527. The van der Waals surface area contributed by atoms with Crippen LogP contribution in [0.4, 0.5) is 0 Å². The van der Waals surface area contributed by atoms with Crippen molar-refractivity contribution in [3.8, 4) is 0 Å². The molecule has 0 aromatic carbocycles. The summed E-state index contributed by atoms with van der Waals surface area (Å²) < 4.78 is 5.54. The third-order valence-electron chi connectivity index (χ3n) is 4.92. The standard InChI is InChI=1S/C15H27N3O/c1-11-10-18(7-8-19-11)15(16)17-14-9-13(14)12-5-3-2-4-6-12/h11-14H,2-10H2,1H3,(H2,16,17)/t11?,13-,14+/m0/s1. The molecular formula is C15H27N3O. The van der Waals surface area contributed by atoms with Crippen LogP contribution in [0.2, 0.25) is 0 Å². The van der Waals surface area contributed by atoms with Gasteiger partial charge in [0.1, 0.15) is 0 Å². The number of nitrogens with zero attached hydrogens (tertiary/aromatic N) is 2. The number of hydrogen-bond donors (Lipinski definition) is 1. The Kier molecular flexibility index (Phi) is 3.96. The number of hydrogen-bond acceptors (Lipinski definition) is 2. The molecule has 4 nitrogen and oxygen atoms in total. The molecule has 2 N–H and O–H groups in total. The Morgan fingerprint density at radius 1 is 1.26 bits per heavy atom. The second-order valence-corrected chi connectivity index (χ2v) is 6.48. The molecule has 0 radical (unpaired) electrons. The maximum atomic E-state index is 6.16. The first-order valence-electron chi connectivity index (χ1n) is 7.94. The van der Waals surface area contributed by atoms with Crippen LogP contribution in [0.25, 0.3) is 0 Å². The van der Waals surface area contributed by atoms with Crippen LogP contribution in [0.5, 0.6) is 0 Å². The van der Waals surface area contributed by atoms with Crippen LogP contribution >= 0.6 is 0 Å². The van der Waals surface area contributed by atoms with E-state index in [4.69, 9.17) is 15.5 Å². The number of morpholine rings is 1. The smallest absolute Gasteiger partial charge is 0.191 e. The molecule has 1 aliphatic heterocycles. The molecular weight excluding hydrogens is 238 g/mol. The van der Waals surface area contributed by atoms with Gasteiger partial charge in [-0.25, -0.2) is 4.99 Å². The zero-order valence-electron chi connectivity index (χ0n) is 12.1. The molecule has 1 unspecified atom stereocenters. The Morgan fingerprint density at radius 2 is 2.05 bits per heavy atom. The average Bonchev–Trinajstić information content (AvgIpc) is 3.19. The van der Waals surface area contributed by atoms with Crippen molar-refractivity contribution in [2.45, 2.75) is 57.6 Å². The van der Waals surface area contributed by atoms with Gasteiger partial charge in [-0.05, 0) is 25.2 Å². The Labute approximate surface area is 116 Å². The van der Waals surface area contributed by atoms with E-state index in [1.54, 1.807) is 0 Å². The van der Waals surface area contributed by atoms with Crippen LogP contribution < -0.4 is 5.73 Å². The molecule has 1 heterocycles. The van der Waals surface area contributed by atoms with E-state index in [0.717, 1.165) is 37.5 Å². The minimum Gasteiger partial charge on any atom is -0.375 e. The number of guanidine groups is 1. The van der Waals surface area contributed by atoms with Crippen molar-refractivity contribution in [2.24, 2.45) is 22.6 Å². The van der Waals surface area contributed by atoms with Crippen LogP contribution in [0, 0.1) is 11.8 Å². The number of nitrogens with two attached hydrogens (primary N) is 1. The lowest BCUT2D eigenvalue weighted by Gasteiger charge is -2.32. The van der Waals surface area contributed by atoms with Crippen LogP contribution in [-0.4, -0.2) is 42.7 Å². The fraction of sp³-hybridized carbons (Fsp3) is 0.933. The lowest BCUT2D eigenvalue weighted by Crippen LogP contribution is -2.48. The van der Waals surface area contributed by atoms with E-state index >= 15 is 0 Å². The fourth-order valence-electron chi connectivity index (χ4n) is 3.70. The average molecular weight is 265 g/mol. The normalized spacial score (nSPS) is 37.4. The van der Waals surface area contributed by atoms with Gasteiger partial charge in [-0.3, -0.25) is 0 Å². The summed E-state index contributed by atoms with van der Waals surface area (Å²) in [5, 5.41) is 0. The van der Waals surface area contributed by atoms with Gasteiger partial charge in [0.2, 0.25) is 0 Å². The summed E-state index contributed by atoms with van der Waals surface area (Å²) in [4.78, 5) is 6.95. The van der Waals surface area contributed by atoms with Crippen molar-refractivity contribution in [1.29, 1.82) is 0 Å². The zero-order valence-corrected chi connectivity index (χ0v) is 12.1. The first-order valence-corrected chi connectivity index (χ1v) is 7.94. The van der Waals surface area contributed by atoms with Crippen molar-refractivity contribution >= 4 is 5.96 Å². The zero-order chi connectivity index (χ0) is 13.2. The number of rotatable bonds is 2. The Bertz CT molecular complexity index is 338. The van der Waals surface area contributed by atoms with E-state index < -0.39 is 0 Å². The summed E-state index contributed by atoms with van der Waals surface area (Å²) in [5.41, 5.74) is 6.16. The minimum absolute atomic E-state index is 0.274. The maximum absolute atomic E-state index is 6.16. The van der Waals surface area contributed by atoms with Gasteiger partial charge in [0.15, 0.2) is 5.96 Å². The van der Waals surface area contributed by atoms with Gasteiger partial charge in [0.05, 0.1) is 18.8 Å². The van der Waals surface area contributed by atoms with Crippen molar-refractivity contribution in [3.63, 3.8) is 0 Å². The molecule has 1 saturated heterocycles. The van der Waals surface area contributed by atoms with Gasteiger partial charge in [-0.1, -0.05) is 32.1 Å². The number of ether oxygens (including phenoxy) is 1. The van der Waals surface area contributed by atoms with E-state index in [1.807, 2.05) is 0 Å². The molecule has 0 bridgehead atoms. The van der Waals surface area contributed by atoms with E-state index in [0.29, 0.717) is 6.04 Å². The molecule has 3 fully saturated rings. The van der Waals surface area contributed by atoms with Gasteiger partial charge in [0.25, 0.3) is 0 Å². The highest BCUT2D eigenvalue weighted by atomic mass is 16.5. The highest BCUT2D eigenvalue weighted by Crippen LogP contribution is 2.46. The van der Waals surface area contributed by atoms with Crippen molar-refractivity contribution in [2.75, 3.05) is 19.7 Å². The summed E-state index contributed by atoms with van der Waals surface area (Å²) in [6.45, 7) is 4.64. The molecule has 4 heteroatoms. The quantitative estimate of drug-likeness (QED) is 0.613. The minimum atomic E-state index is 0.274. The van der Waals surface area contributed by atoms with Crippen molar-refractivity contribution in [3.05, 3.63) is 0 Å². The highest BCUT2D eigenvalue weighted by molar-refractivity contribution is 5.78. The van der Waals surface area contributed by atoms with Crippen LogP contribution in [0.1, 0.15) is 45.4 Å². The summed E-state index contributed by atoms with van der Waals surface area (Å²) >= 11 is 0. The van der Waals surface area contributed by atoms with Gasteiger partial charge in [-0.15, -0.1) is 0 Å². The predicted molar refractivity (Wildman–Crippen MR) is 77.1 cm³/mol. The predicted octanol–water partition coefficient (Wildman–Crippen LogP) is 1.99. The van der Waals surface area contributed by atoms with Gasteiger partial charge in [0, 0.05) is 13.1 Å². The highest BCUT2D eigenvalue weighted by Gasteiger charge is 2.43. The third kappa shape index (κ3) is 3.22. The van der Waals surface area contributed by atoms with E-state index in [9.17, 15) is 0 Å². The van der Waals surface area contributed by atoms with Crippen LogP contribution in [0.15, 0.2) is 4.99 Å². The Hall–Kier alpha value is -0.770. The topological polar surface area (TPSA) is 50.8 Å². The Balaban J connectivity index is 1.51. The molecule has 3 aliphatic rings. The Morgan fingerprint density at radius 3 is 2.79 bits per heavy atom. The summed E-state index contributed by atoms with van der Waals surface area (Å²) in [6.07, 6.45) is 8.67. The summed E-state index contributed by atoms with van der Waals surface area (Å²) in [7, 11) is 0. The van der Waals surface area contributed by atoms with Crippen LogP contribution in [0.3, 0.4) is 0 Å². The van der Waals surface area contributed by atoms with E-state index in [2.05, 4.69) is 11.8 Å². The monoisotopic (exact) mass is 265 g/mol. The molecule has 0 aromatic rings. The molecule has 0 spiro atoms.